The molecule has 1 unspecified atom stereocenters. The molecule has 4 rings (SSSR count). The van der Waals surface area contributed by atoms with E-state index in [4.69, 9.17) is 9.47 Å². The predicted molar refractivity (Wildman–Crippen MR) is 94.8 cm³/mol. The van der Waals surface area contributed by atoms with E-state index in [0.29, 0.717) is 24.2 Å². The zero-order chi connectivity index (χ0) is 18.0. The van der Waals surface area contributed by atoms with Crippen LogP contribution in [0.4, 0.5) is 0 Å². The van der Waals surface area contributed by atoms with Crippen LogP contribution in [-0.2, 0) is 14.3 Å². The van der Waals surface area contributed by atoms with Gasteiger partial charge in [-0.1, -0.05) is 25.5 Å². The van der Waals surface area contributed by atoms with Gasteiger partial charge in [-0.3, -0.25) is 4.79 Å². The molecule has 0 amide bonds. The summed E-state index contributed by atoms with van der Waals surface area (Å²) in [5, 5.41) is 10.1. The first kappa shape index (κ1) is 17.7. The molecule has 0 spiro atoms. The smallest absolute Gasteiger partial charge is 0.229 e. The van der Waals surface area contributed by atoms with Crippen LogP contribution in [0.3, 0.4) is 0 Å². The Morgan fingerprint density at radius 3 is 2.44 bits per heavy atom. The summed E-state index contributed by atoms with van der Waals surface area (Å²) in [6.07, 6.45) is 8.75. The molecule has 4 aliphatic carbocycles. The Balaban J connectivity index is 1.70. The highest BCUT2D eigenvalue weighted by atomic mass is 16.7. The average molecular weight is 348 g/mol. The van der Waals surface area contributed by atoms with E-state index in [1.54, 1.807) is 14.2 Å². The van der Waals surface area contributed by atoms with Crippen molar-refractivity contribution in [2.24, 2.45) is 28.6 Å². The maximum absolute atomic E-state index is 13.2. The fourth-order valence-corrected chi connectivity index (χ4v) is 6.87. The molecule has 0 aromatic rings. The van der Waals surface area contributed by atoms with E-state index in [9.17, 15) is 9.90 Å². The van der Waals surface area contributed by atoms with Crippen molar-refractivity contribution in [3.8, 4) is 0 Å². The van der Waals surface area contributed by atoms with Crippen LogP contribution < -0.4 is 0 Å². The maximum Gasteiger partial charge on any atom is 0.229 e. The molecule has 0 bridgehead atoms. The van der Waals surface area contributed by atoms with E-state index < -0.39 is 5.79 Å². The Kier molecular flexibility index (Phi) is 3.99. The van der Waals surface area contributed by atoms with Crippen LogP contribution in [0.15, 0.2) is 11.6 Å². The number of aliphatic hydroxyl groups excluding tert-OH is 1. The quantitative estimate of drug-likeness (QED) is 0.613. The summed E-state index contributed by atoms with van der Waals surface area (Å²) in [7, 11) is 3.20. The Morgan fingerprint density at radius 1 is 1.08 bits per heavy atom. The van der Waals surface area contributed by atoms with Gasteiger partial charge in [0, 0.05) is 26.1 Å². The molecule has 0 aliphatic heterocycles. The number of allylic oxidation sites excluding steroid dienone is 1. The van der Waals surface area contributed by atoms with Crippen molar-refractivity contribution in [3.05, 3.63) is 11.6 Å². The van der Waals surface area contributed by atoms with E-state index in [1.165, 1.54) is 5.57 Å². The second-order valence-electron chi connectivity index (χ2n) is 9.31. The summed E-state index contributed by atoms with van der Waals surface area (Å²) < 4.78 is 11.2. The van der Waals surface area contributed by atoms with Gasteiger partial charge in [0.15, 0.2) is 5.78 Å². The second-order valence-corrected chi connectivity index (χ2v) is 9.31. The minimum atomic E-state index is -1.05. The summed E-state index contributed by atoms with van der Waals surface area (Å²) in [5.74, 6) is 0.531. The Morgan fingerprint density at radius 2 is 1.76 bits per heavy atom. The van der Waals surface area contributed by atoms with Gasteiger partial charge in [0.2, 0.25) is 5.79 Å². The first-order valence-electron chi connectivity index (χ1n) is 9.83. The third-order valence-electron chi connectivity index (χ3n) is 8.48. The van der Waals surface area contributed by atoms with Gasteiger partial charge in [-0.15, -0.1) is 0 Å². The largest absolute Gasteiger partial charge is 0.393 e. The van der Waals surface area contributed by atoms with Gasteiger partial charge in [-0.25, -0.2) is 0 Å². The highest BCUT2D eigenvalue weighted by molar-refractivity contribution is 5.94. The molecule has 4 aliphatic rings. The first-order chi connectivity index (χ1) is 11.8. The molecule has 3 saturated carbocycles. The molecule has 0 aromatic heterocycles. The van der Waals surface area contributed by atoms with E-state index in [0.717, 1.165) is 38.5 Å². The fraction of sp³-hybridized carbons (Fsp3) is 0.857. The predicted octanol–water partition coefficient (Wildman–Crippen LogP) is 3.48. The van der Waals surface area contributed by atoms with Crippen LogP contribution in [0.2, 0.25) is 0 Å². The van der Waals surface area contributed by atoms with Crippen LogP contribution >= 0.6 is 0 Å². The lowest BCUT2D eigenvalue weighted by molar-refractivity contribution is -0.204. The number of fused-ring (bicyclic) bond motifs is 5. The summed E-state index contributed by atoms with van der Waals surface area (Å²) in [6.45, 7) is 4.54. The van der Waals surface area contributed by atoms with Crippen LogP contribution in [0.25, 0.3) is 0 Å². The van der Waals surface area contributed by atoms with Crippen LogP contribution in [-0.4, -0.2) is 37.0 Å². The summed E-state index contributed by atoms with van der Waals surface area (Å²) >= 11 is 0. The van der Waals surface area contributed by atoms with E-state index in [-0.39, 0.29) is 22.7 Å². The molecule has 1 N–H and O–H groups in total. The molecular formula is C21H32O4. The second kappa shape index (κ2) is 5.64. The lowest BCUT2D eigenvalue weighted by Crippen LogP contribution is -2.51. The Bertz CT molecular complexity index is 607. The van der Waals surface area contributed by atoms with Crippen molar-refractivity contribution in [2.45, 2.75) is 70.7 Å². The molecule has 4 nitrogen and oxygen atoms in total. The number of ketones is 1. The van der Waals surface area contributed by atoms with Gasteiger partial charge in [-0.05, 0) is 61.7 Å². The van der Waals surface area contributed by atoms with Gasteiger partial charge in [0.05, 0.1) is 6.10 Å². The van der Waals surface area contributed by atoms with E-state index in [2.05, 4.69) is 19.9 Å². The lowest BCUT2D eigenvalue weighted by atomic mass is 9.48. The molecule has 140 valence electrons. The number of methoxy groups -OCH3 is 2. The van der Waals surface area contributed by atoms with Crippen molar-refractivity contribution in [1.82, 2.24) is 0 Å². The van der Waals surface area contributed by atoms with Crippen molar-refractivity contribution in [3.63, 3.8) is 0 Å². The fourth-order valence-electron chi connectivity index (χ4n) is 6.87. The molecule has 0 aromatic carbocycles. The standard InChI is InChI=1S/C21H32O4/c1-19-9-7-14(22)11-13(19)5-6-15-16(19)8-10-20(2)17(15)12-21(24-3,25-4)18(20)23/h5,14-17,22H,6-12H2,1-4H3/t14?,15-,16+,17+,19+,20+/m1/s1. The van der Waals surface area contributed by atoms with Gasteiger partial charge in [-0.2, -0.15) is 0 Å². The zero-order valence-corrected chi connectivity index (χ0v) is 16.0. The molecule has 3 fully saturated rings. The number of aliphatic hydroxyl groups is 1. The first-order valence-corrected chi connectivity index (χ1v) is 9.83. The van der Waals surface area contributed by atoms with Crippen LogP contribution in [0.1, 0.15) is 58.8 Å². The Hall–Kier alpha value is -0.710. The van der Waals surface area contributed by atoms with Gasteiger partial charge < -0.3 is 14.6 Å². The minimum absolute atomic E-state index is 0.146. The minimum Gasteiger partial charge on any atom is -0.393 e. The summed E-state index contributed by atoms with van der Waals surface area (Å²) in [4.78, 5) is 13.2. The topological polar surface area (TPSA) is 55.8 Å². The average Bonchev–Trinajstić information content (AvgIpc) is 2.84. The summed E-state index contributed by atoms with van der Waals surface area (Å²) in [6, 6.07) is 0. The van der Waals surface area contributed by atoms with Crippen molar-refractivity contribution in [2.75, 3.05) is 14.2 Å². The summed E-state index contributed by atoms with van der Waals surface area (Å²) in [5.41, 5.74) is 1.33. The molecule has 6 atom stereocenters. The molecular weight excluding hydrogens is 316 g/mol. The third-order valence-corrected chi connectivity index (χ3v) is 8.48. The van der Waals surface area contributed by atoms with Crippen LogP contribution in [0, 0.1) is 28.6 Å². The van der Waals surface area contributed by atoms with Crippen molar-refractivity contribution >= 4 is 5.78 Å². The lowest BCUT2D eigenvalue weighted by Gasteiger charge is -2.56. The number of carbonyl (C=O) groups is 1. The van der Waals surface area contributed by atoms with E-state index in [1.807, 2.05) is 0 Å². The van der Waals surface area contributed by atoms with Gasteiger partial charge >= 0.3 is 0 Å². The number of carbonyl (C=O) groups excluding carboxylic acids is 1. The molecule has 4 heteroatoms. The van der Waals surface area contributed by atoms with Gasteiger partial charge in [0.1, 0.15) is 0 Å². The molecule has 0 radical (unpaired) electrons. The molecule has 0 heterocycles. The Labute approximate surface area is 151 Å². The third kappa shape index (κ3) is 2.20. The molecule has 0 saturated heterocycles. The van der Waals surface area contributed by atoms with E-state index >= 15 is 0 Å². The number of rotatable bonds is 2. The van der Waals surface area contributed by atoms with Gasteiger partial charge in [0.25, 0.3) is 0 Å². The van der Waals surface area contributed by atoms with Crippen molar-refractivity contribution < 1.29 is 19.4 Å². The highest BCUT2D eigenvalue weighted by Gasteiger charge is 2.66. The molecule has 25 heavy (non-hydrogen) atoms. The SMILES string of the molecule is COC1(OC)C[C@H]2[C@@H]3CC=C4CC(O)CC[C@]4(C)[C@H]3CC[C@]2(C)C1=O. The number of Topliss-reactive ketones (excluding diaryl/α,β-unsaturated/α-hetero) is 1. The normalized spacial score (nSPS) is 48.4. The van der Waals surface area contributed by atoms with Crippen LogP contribution in [0.5, 0.6) is 0 Å². The number of hydrogen-bond donors (Lipinski definition) is 1. The number of ether oxygens (including phenoxy) is 2. The highest BCUT2D eigenvalue weighted by Crippen LogP contribution is 2.65. The number of hydrogen-bond acceptors (Lipinski definition) is 4. The maximum atomic E-state index is 13.2. The monoisotopic (exact) mass is 348 g/mol. The zero-order valence-electron chi connectivity index (χ0n) is 16.0. The van der Waals surface area contributed by atoms with Crippen molar-refractivity contribution in [1.29, 1.82) is 0 Å².